The van der Waals surface area contributed by atoms with Crippen molar-refractivity contribution in [2.45, 2.75) is 77.3 Å². The van der Waals surface area contributed by atoms with Crippen LogP contribution in [0.2, 0.25) is 0 Å². The van der Waals surface area contributed by atoms with Crippen LogP contribution in [0, 0.1) is 6.92 Å². The van der Waals surface area contributed by atoms with Crippen LogP contribution < -0.4 is 15.4 Å². The number of aryl methyl sites for hydroxylation is 1. The van der Waals surface area contributed by atoms with Crippen LogP contribution in [0.4, 0.5) is 11.4 Å². The number of ether oxygens (including phenoxy) is 1. The van der Waals surface area contributed by atoms with Crippen LogP contribution in [0.5, 0.6) is 11.5 Å². The maximum Gasteiger partial charge on any atom is 0.196 e. The van der Waals surface area contributed by atoms with Gasteiger partial charge in [0.05, 0.1) is 16.7 Å². The van der Waals surface area contributed by atoms with Gasteiger partial charge in [0, 0.05) is 28.5 Å². The summed E-state index contributed by atoms with van der Waals surface area (Å²) in [7, 11) is 0. The van der Waals surface area contributed by atoms with E-state index in [0.717, 1.165) is 48.4 Å². The Hall–Kier alpha value is -4.38. The summed E-state index contributed by atoms with van der Waals surface area (Å²) in [6.07, 6.45) is 7.34. The van der Waals surface area contributed by atoms with E-state index in [0.29, 0.717) is 34.0 Å². The molecule has 1 saturated carbocycles. The van der Waals surface area contributed by atoms with Crippen molar-refractivity contribution >= 4 is 22.9 Å². The van der Waals surface area contributed by atoms with E-state index in [4.69, 9.17) is 4.74 Å². The van der Waals surface area contributed by atoms with Crippen LogP contribution in [0.1, 0.15) is 102 Å². The van der Waals surface area contributed by atoms with Crippen molar-refractivity contribution < 1.29 is 14.3 Å². The first-order chi connectivity index (χ1) is 20.9. The number of anilines is 2. The van der Waals surface area contributed by atoms with Gasteiger partial charge in [-0.25, -0.2) is 0 Å². The van der Waals surface area contributed by atoms with Gasteiger partial charge in [-0.15, -0.1) is 0 Å². The highest BCUT2D eigenvalue weighted by molar-refractivity contribution is 6.32. The molecule has 0 amide bonds. The Balaban J connectivity index is 1.37. The van der Waals surface area contributed by atoms with Crippen LogP contribution in [0.25, 0.3) is 0 Å². The summed E-state index contributed by atoms with van der Waals surface area (Å²) in [6, 6.07) is 27.7. The number of carbonyl (C=O) groups is 2. The Labute approximate surface area is 254 Å². The van der Waals surface area contributed by atoms with Crippen LogP contribution in [0.15, 0.2) is 84.9 Å². The average molecular weight is 573 g/mol. The Morgan fingerprint density at radius 1 is 0.698 bits per heavy atom. The maximum absolute atomic E-state index is 14.1. The van der Waals surface area contributed by atoms with Gasteiger partial charge in [-0.3, -0.25) is 9.59 Å². The second kappa shape index (κ2) is 12.1. The Morgan fingerprint density at radius 3 is 1.81 bits per heavy atom. The molecule has 0 unspecified atom stereocenters. The quantitative estimate of drug-likeness (QED) is 0.184. The standard InChI is InChI=1S/C38H40N2O3/c1-4-38(5-2,26-17-21-29(22-18-26)43-28-19-15-25(3)16-20-28)40-33-24-23-32(39-27-11-7-6-8-12-27)34-35(33)37(42)31-14-10-9-13-30(31)36(34)41/h9-10,13-24,27,39-40H,4-8,11-12H2,1-3H3. The normalized spacial score (nSPS) is 15.0. The van der Waals surface area contributed by atoms with E-state index in [1.165, 1.54) is 24.8 Å². The molecule has 0 heterocycles. The predicted molar refractivity (Wildman–Crippen MR) is 174 cm³/mol. The van der Waals surface area contributed by atoms with E-state index in [-0.39, 0.29) is 11.6 Å². The van der Waals surface area contributed by atoms with Gasteiger partial charge in [0.2, 0.25) is 0 Å². The SMILES string of the molecule is CCC(CC)(Nc1ccc(NC2CCCCC2)c2c1C(=O)c1ccccc1C2=O)c1ccc(Oc2ccc(C)cc2)cc1. The summed E-state index contributed by atoms with van der Waals surface area (Å²) in [5, 5.41) is 7.44. The van der Waals surface area contributed by atoms with Gasteiger partial charge in [-0.2, -0.15) is 0 Å². The molecular formula is C38H40N2O3. The van der Waals surface area contributed by atoms with Gasteiger partial charge >= 0.3 is 0 Å². The third-order valence-corrected chi connectivity index (χ3v) is 9.29. The first-order valence-electron chi connectivity index (χ1n) is 15.7. The Kier molecular flexibility index (Phi) is 8.07. The highest BCUT2D eigenvalue weighted by Gasteiger charge is 2.37. The van der Waals surface area contributed by atoms with Gasteiger partial charge in [0.25, 0.3) is 0 Å². The molecule has 0 bridgehead atoms. The van der Waals surface area contributed by atoms with Crippen molar-refractivity contribution in [3.8, 4) is 11.5 Å². The molecule has 4 aromatic rings. The van der Waals surface area contributed by atoms with Crippen molar-refractivity contribution in [1.82, 2.24) is 0 Å². The van der Waals surface area contributed by atoms with Crippen LogP contribution in [-0.2, 0) is 5.54 Å². The van der Waals surface area contributed by atoms with E-state index >= 15 is 0 Å². The number of nitrogens with one attached hydrogen (secondary N) is 2. The van der Waals surface area contributed by atoms with Crippen LogP contribution in [-0.4, -0.2) is 17.6 Å². The number of carbonyl (C=O) groups excluding carboxylic acids is 2. The highest BCUT2D eigenvalue weighted by Crippen LogP contribution is 2.41. The van der Waals surface area contributed by atoms with Gasteiger partial charge in [0.15, 0.2) is 11.6 Å². The second-order valence-corrected chi connectivity index (χ2v) is 11.9. The minimum atomic E-state index is -0.450. The number of hydrogen-bond donors (Lipinski definition) is 2. The summed E-state index contributed by atoms with van der Waals surface area (Å²) in [5.74, 6) is 1.36. The third-order valence-electron chi connectivity index (χ3n) is 9.29. The van der Waals surface area contributed by atoms with E-state index in [1.807, 2.05) is 60.7 Å². The molecule has 43 heavy (non-hydrogen) atoms. The third kappa shape index (κ3) is 5.56. The predicted octanol–water partition coefficient (Wildman–Crippen LogP) is 9.43. The summed E-state index contributed by atoms with van der Waals surface area (Å²) in [4.78, 5) is 28.1. The van der Waals surface area contributed by atoms with Gasteiger partial charge in [-0.1, -0.05) is 87.2 Å². The number of ketones is 2. The first-order valence-corrected chi connectivity index (χ1v) is 15.7. The minimum absolute atomic E-state index is 0.0941. The van der Waals surface area contributed by atoms with Crippen molar-refractivity contribution in [3.63, 3.8) is 0 Å². The molecule has 2 aliphatic rings. The van der Waals surface area contributed by atoms with Gasteiger partial charge < -0.3 is 15.4 Å². The van der Waals surface area contributed by atoms with Crippen molar-refractivity contribution in [3.05, 3.63) is 118 Å². The molecule has 0 radical (unpaired) electrons. The van der Waals surface area contributed by atoms with Crippen molar-refractivity contribution in [1.29, 1.82) is 0 Å². The zero-order valence-corrected chi connectivity index (χ0v) is 25.3. The molecule has 0 atom stereocenters. The largest absolute Gasteiger partial charge is 0.457 e. The van der Waals surface area contributed by atoms with Crippen molar-refractivity contribution in [2.75, 3.05) is 10.6 Å². The lowest BCUT2D eigenvalue weighted by Gasteiger charge is -2.37. The van der Waals surface area contributed by atoms with E-state index in [1.54, 1.807) is 12.1 Å². The van der Waals surface area contributed by atoms with Crippen LogP contribution >= 0.6 is 0 Å². The number of hydrogen-bond acceptors (Lipinski definition) is 5. The number of fused-ring (bicyclic) bond motifs is 2. The maximum atomic E-state index is 14.1. The summed E-state index contributed by atoms with van der Waals surface area (Å²) in [5.41, 5.74) is 5.19. The lowest BCUT2D eigenvalue weighted by atomic mass is 9.80. The molecule has 2 N–H and O–H groups in total. The molecular weight excluding hydrogens is 532 g/mol. The Bertz CT molecular complexity index is 1630. The second-order valence-electron chi connectivity index (χ2n) is 11.9. The fourth-order valence-electron chi connectivity index (χ4n) is 6.66. The van der Waals surface area contributed by atoms with Gasteiger partial charge in [0.1, 0.15) is 11.5 Å². The van der Waals surface area contributed by atoms with Crippen molar-refractivity contribution in [2.24, 2.45) is 0 Å². The molecule has 4 aromatic carbocycles. The molecule has 0 aliphatic heterocycles. The molecule has 220 valence electrons. The number of rotatable bonds is 9. The minimum Gasteiger partial charge on any atom is -0.457 e. The van der Waals surface area contributed by atoms with Crippen LogP contribution in [0.3, 0.4) is 0 Å². The summed E-state index contributed by atoms with van der Waals surface area (Å²) in [6.45, 7) is 6.36. The van der Waals surface area contributed by atoms with E-state index in [2.05, 4.69) is 43.5 Å². The topological polar surface area (TPSA) is 67.4 Å². The molecule has 6 rings (SSSR count). The monoisotopic (exact) mass is 572 g/mol. The molecule has 0 spiro atoms. The molecule has 0 saturated heterocycles. The number of benzene rings is 4. The zero-order valence-electron chi connectivity index (χ0n) is 25.3. The lowest BCUT2D eigenvalue weighted by molar-refractivity contribution is 0.0980. The fourth-order valence-corrected chi connectivity index (χ4v) is 6.66. The highest BCUT2D eigenvalue weighted by atomic mass is 16.5. The molecule has 5 heteroatoms. The summed E-state index contributed by atoms with van der Waals surface area (Å²) >= 11 is 0. The van der Waals surface area contributed by atoms with Gasteiger partial charge in [-0.05, 0) is 74.6 Å². The summed E-state index contributed by atoms with van der Waals surface area (Å²) < 4.78 is 6.09. The molecule has 5 nitrogen and oxygen atoms in total. The molecule has 2 aliphatic carbocycles. The van der Waals surface area contributed by atoms with E-state index in [9.17, 15) is 9.59 Å². The molecule has 1 fully saturated rings. The molecule has 0 aromatic heterocycles. The Morgan fingerprint density at radius 2 is 1.23 bits per heavy atom. The average Bonchev–Trinajstić information content (AvgIpc) is 3.05. The zero-order chi connectivity index (χ0) is 30.0. The fraction of sp³-hybridized carbons (Fsp3) is 0.316. The van der Waals surface area contributed by atoms with E-state index < -0.39 is 5.54 Å². The smallest absolute Gasteiger partial charge is 0.196 e. The first kappa shape index (κ1) is 28.7. The lowest BCUT2D eigenvalue weighted by Crippen LogP contribution is -2.36.